The Balaban J connectivity index is 1.97. The summed E-state index contributed by atoms with van der Waals surface area (Å²) in [6.07, 6.45) is 1.23. The molecule has 5 heteroatoms. The molecule has 0 saturated heterocycles. The number of rotatable bonds is 4. The highest BCUT2D eigenvalue weighted by atomic mass is 16.2. The number of aromatic nitrogens is 3. The normalized spacial score (nSPS) is 22.9. The highest BCUT2D eigenvalue weighted by Gasteiger charge is 2.34. The van der Waals surface area contributed by atoms with Crippen LogP contribution in [-0.4, -0.2) is 39.6 Å². The molecule has 5 nitrogen and oxygen atoms in total. The molecule has 1 N–H and O–H groups in total. The minimum atomic E-state index is -0.0905. The lowest BCUT2D eigenvalue weighted by Crippen LogP contribution is -2.30. The SMILES string of the molecule is CC(C)c1nc(C(=O)N(C)CC2CC2C)n[nH]1. The standard InChI is InChI=1S/C12H20N4O/c1-7(2)10-13-11(15-14-10)12(17)16(4)6-9-5-8(9)3/h7-9H,5-6H2,1-4H3,(H,13,14,15). The van der Waals surface area contributed by atoms with E-state index in [-0.39, 0.29) is 17.6 Å². The van der Waals surface area contributed by atoms with Crippen LogP contribution in [0.15, 0.2) is 0 Å². The van der Waals surface area contributed by atoms with Crippen LogP contribution in [0.4, 0.5) is 0 Å². The van der Waals surface area contributed by atoms with Crippen LogP contribution < -0.4 is 0 Å². The summed E-state index contributed by atoms with van der Waals surface area (Å²) < 4.78 is 0. The molecule has 1 amide bonds. The number of amides is 1. The van der Waals surface area contributed by atoms with Gasteiger partial charge in [-0.1, -0.05) is 20.8 Å². The molecule has 1 aliphatic rings. The van der Waals surface area contributed by atoms with Gasteiger partial charge in [-0.3, -0.25) is 9.89 Å². The van der Waals surface area contributed by atoms with Gasteiger partial charge in [-0.05, 0) is 18.3 Å². The molecular weight excluding hydrogens is 216 g/mol. The molecule has 1 aromatic heterocycles. The minimum absolute atomic E-state index is 0.0905. The zero-order chi connectivity index (χ0) is 12.6. The molecular formula is C12H20N4O. The van der Waals surface area contributed by atoms with Crippen LogP contribution >= 0.6 is 0 Å². The molecule has 1 aromatic rings. The fourth-order valence-corrected chi connectivity index (χ4v) is 1.89. The van der Waals surface area contributed by atoms with Crippen molar-refractivity contribution in [2.45, 2.75) is 33.1 Å². The zero-order valence-electron chi connectivity index (χ0n) is 10.9. The second-order valence-corrected chi connectivity index (χ2v) is 5.36. The largest absolute Gasteiger partial charge is 0.339 e. The van der Waals surface area contributed by atoms with Crippen LogP contribution in [-0.2, 0) is 0 Å². The number of nitrogens with zero attached hydrogens (tertiary/aromatic N) is 3. The third kappa shape index (κ3) is 2.65. The number of aromatic amines is 1. The van der Waals surface area contributed by atoms with Crippen molar-refractivity contribution in [3.63, 3.8) is 0 Å². The van der Waals surface area contributed by atoms with E-state index in [1.807, 2.05) is 20.9 Å². The molecule has 2 unspecified atom stereocenters. The highest BCUT2D eigenvalue weighted by molar-refractivity contribution is 5.90. The Morgan fingerprint density at radius 1 is 1.59 bits per heavy atom. The summed E-state index contributed by atoms with van der Waals surface area (Å²) in [7, 11) is 1.82. The smallest absolute Gasteiger partial charge is 0.293 e. The first kappa shape index (κ1) is 12.1. The molecule has 1 fully saturated rings. The summed E-state index contributed by atoms with van der Waals surface area (Å²) in [5, 5.41) is 6.79. The van der Waals surface area contributed by atoms with E-state index < -0.39 is 0 Å². The van der Waals surface area contributed by atoms with Gasteiger partial charge >= 0.3 is 0 Å². The summed E-state index contributed by atoms with van der Waals surface area (Å²) in [6, 6.07) is 0. The Labute approximate surface area is 102 Å². The molecule has 2 rings (SSSR count). The number of nitrogens with one attached hydrogen (secondary N) is 1. The maximum absolute atomic E-state index is 12.0. The van der Waals surface area contributed by atoms with Crippen LogP contribution in [0.2, 0.25) is 0 Å². The van der Waals surface area contributed by atoms with Crippen LogP contribution in [0.5, 0.6) is 0 Å². The maximum Gasteiger partial charge on any atom is 0.293 e. The first-order chi connectivity index (χ1) is 7.99. The van der Waals surface area contributed by atoms with Gasteiger partial charge in [0.15, 0.2) is 0 Å². The fourth-order valence-electron chi connectivity index (χ4n) is 1.89. The Morgan fingerprint density at radius 3 is 2.71 bits per heavy atom. The Morgan fingerprint density at radius 2 is 2.24 bits per heavy atom. The average Bonchev–Trinajstić information content (AvgIpc) is 2.82. The molecule has 0 bridgehead atoms. The quantitative estimate of drug-likeness (QED) is 0.864. The van der Waals surface area contributed by atoms with Gasteiger partial charge in [0.2, 0.25) is 5.82 Å². The molecule has 0 aromatic carbocycles. The average molecular weight is 236 g/mol. The molecule has 1 saturated carbocycles. The lowest BCUT2D eigenvalue weighted by Gasteiger charge is -2.14. The van der Waals surface area contributed by atoms with Gasteiger partial charge in [-0.25, -0.2) is 4.98 Å². The molecule has 0 spiro atoms. The highest BCUT2D eigenvalue weighted by Crippen LogP contribution is 2.38. The first-order valence-electron chi connectivity index (χ1n) is 6.16. The monoisotopic (exact) mass is 236 g/mol. The van der Waals surface area contributed by atoms with Crippen LogP contribution in [0.25, 0.3) is 0 Å². The second kappa shape index (κ2) is 4.47. The summed E-state index contributed by atoms with van der Waals surface area (Å²) in [4.78, 5) is 18.0. The van der Waals surface area contributed by atoms with E-state index in [1.54, 1.807) is 4.90 Å². The van der Waals surface area contributed by atoms with Gasteiger partial charge in [-0.2, -0.15) is 0 Å². The first-order valence-corrected chi connectivity index (χ1v) is 6.16. The van der Waals surface area contributed by atoms with E-state index in [1.165, 1.54) is 6.42 Å². The molecule has 1 heterocycles. The van der Waals surface area contributed by atoms with Gasteiger partial charge in [0.25, 0.3) is 5.91 Å². The van der Waals surface area contributed by atoms with E-state index in [0.29, 0.717) is 5.92 Å². The Hall–Kier alpha value is -1.39. The Kier molecular flexibility index (Phi) is 3.17. The van der Waals surface area contributed by atoms with Crippen molar-refractivity contribution in [2.75, 3.05) is 13.6 Å². The molecule has 0 radical (unpaired) electrons. The van der Waals surface area contributed by atoms with E-state index in [9.17, 15) is 4.79 Å². The van der Waals surface area contributed by atoms with E-state index in [4.69, 9.17) is 0 Å². The second-order valence-electron chi connectivity index (χ2n) is 5.36. The van der Waals surface area contributed by atoms with Crippen molar-refractivity contribution >= 4 is 5.91 Å². The van der Waals surface area contributed by atoms with Gasteiger partial charge < -0.3 is 4.90 Å². The van der Waals surface area contributed by atoms with Crippen LogP contribution in [0.1, 0.15) is 49.6 Å². The van der Waals surface area contributed by atoms with Gasteiger partial charge in [0, 0.05) is 19.5 Å². The predicted molar refractivity (Wildman–Crippen MR) is 64.7 cm³/mol. The maximum atomic E-state index is 12.0. The lowest BCUT2D eigenvalue weighted by atomic mass is 10.2. The lowest BCUT2D eigenvalue weighted by molar-refractivity contribution is 0.0775. The summed E-state index contributed by atoms with van der Waals surface area (Å²) >= 11 is 0. The minimum Gasteiger partial charge on any atom is -0.339 e. The third-order valence-electron chi connectivity index (χ3n) is 3.37. The van der Waals surface area contributed by atoms with Crippen LogP contribution in [0, 0.1) is 11.8 Å². The molecule has 94 valence electrons. The molecule has 1 aliphatic carbocycles. The van der Waals surface area contributed by atoms with Crippen molar-refractivity contribution in [3.8, 4) is 0 Å². The van der Waals surface area contributed by atoms with Crippen molar-refractivity contribution in [1.29, 1.82) is 0 Å². The molecule has 2 atom stereocenters. The summed E-state index contributed by atoms with van der Waals surface area (Å²) in [5.74, 6) is 2.63. The topological polar surface area (TPSA) is 61.9 Å². The van der Waals surface area contributed by atoms with Crippen molar-refractivity contribution < 1.29 is 4.79 Å². The molecule has 17 heavy (non-hydrogen) atoms. The van der Waals surface area contributed by atoms with Gasteiger partial charge in [-0.15, -0.1) is 5.10 Å². The number of H-pyrrole nitrogens is 1. The number of carbonyl (C=O) groups excluding carboxylic acids is 1. The van der Waals surface area contributed by atoms with Crippen LogP contribution in [0.3, 0.4) is 0 Å². The van der Waals surface area contributed by atoms with E-state index >= 15 is 0 Å². The van der Waals surface area contributed by atoms with E-state index in [2.05, 4.69) is 22.1 Å². The number of hydrogen-bond donors (Lipinski definition) is 1. The fraction of sp³-hybridized carbons (Fsp3) is 0.750. The van der Waals surface area contributed by atoms with Gasteiger partial charge in [0.1, 0.15) is 5.82 Å². The summed E-state index contributed by atoms with van der Waals surface area (Å²) in [5.41, 5.74) is 0. The predicted octanol–water partition coefficient (Wildman–Crippen LogP) is 1.66. The zero-order valence-corrected chi connectivity index (χ0v) is 10.9. The van der Waals surface area contributed by atoms with Crippen molar-refractivity contribution in [2.24, 2.45) is 11.8 Å². The third-order valence-corrected chi connectivity index (χ3v) is 3.37. The number of carbonyl (C=O) groups is 1. The van der Waals surface area contributed by atoms with Crippen molar-refractivity contribution in [1.82, 2.24) is 20.1 Å². The molecule has 0 aliphatic heterocycles. The summed E-state index contributed by atoms with van der Waals surface area (Å²) in [6.45, 7) is 7.06. The van der Waals surface area contributed by atoms with Crippen molar-refractivity contribution in [3.05, 3.63) is 11.6 Å². The van der Waals surface area contributed by atoms with Gasteiger partial charge in [0.05, 0.1) is 0 Å². The Bertz CT molecular complexity index is 412. The number of hydrogen-bond acceptors (Lipinski definition) is 3. The van der Waals surface area contributed by atoms with E-state index in [0.717, 1.165) is 18.3 Å².